The fourth-order valence-corrected chi connectivity index (χ4v) is 3.24. The van der Waals surface area contributed by atoms with E-state index in [2.05, 4.69) is 25.6 Å². The second-order valence-electron chi connectivity index (χ2n) is 6.82. The molecule has 0 fully saturated rings. The molecule has 0 radical (unpaired) electrons. The molecule has 3 aromatic rings. The highest BCUT2D eigenvalue weighted by atomic mass is 19.4. The molecule has 0 aliphatic carbocycles. The van der Waals surface area contributed by atoms with Gasteiger partial charge in [0.15, 0.2) is 0 Å². The summed E-state index contributed by atoms with van der Waals surface area (Å²) in [7, 11) is 0. The molecule has 3 heterocycles. The van der Waals surface area contributed by atoms with Gasteiger partial charge in [0, 0.05) is 29.9 Å². The van der Waals surface area contributed by atoms with Crippen molar-refractivity contribution in [3.8, 4) is 11.3 Å². The first-order valence-electron chi connectivity index (χ1n) is 8.85. The molecule has 1 aliphatic heterocycles. The molecule has 3 N–H and O–H groups in total. The Hall–Kier alpha value is -3.10. The molecule has 1 atom stereocenters. The first-order chi connectivity index (χ1) is 13.2. The lowest BCUT2D eigenvalue weighted by atomic mass is 10.1. The third-order valence-corrected chi connectivity index (χ3v) is 4.81. The van der Waals surface area contributed by atoms with E-state index < -0.39 is 12.2 Å². The number of hydrogen-bond acceptors (Lipinski definition) is 4. The van der Waals surface area contributed by atoms with Crippen LogP contribution in [0.3, 0.4) is 0 Å². The van der Waals surface area contributed by atoms with Gasteiger partial charge in [0.2, 0.25) is 0 Å². The first-order valence-corrected chi connectivity index (χ1v) is 8.85. The third kappa shape index (κ3) is 3.17. The maximum Gasteiger partial charge on any atom is 0.408 e. The van der Waals surface area contributed by atoms with Crippen molar-refractivity contribution in [3.63, 3.8) is 0 Å². The molecule has 2 aromatic heterocycles. The topological polar surface area (TPSA) is 82.7 Å². The number of halogens is 3. The van der Waals surface area contributed by atoms with Crippen molar-refractivity contribution in [3.05, 3.63) is 41.2 Å². The van der Waals surface area contributed by atoms with Crippen molar-refractivity contribution in [1.29, 1.82) is 0 Å². The van der Waals surface area contributed by atoms with Crippen molar-refractivity contribution in [1.82, 2.24) is 20.3 Å². The second-order valence-corrected chi connectivity index (χ2v) is 6.82. The van der Waals surface area contributed by atoms with Crippen molar-refractivity contribution in [2.75, 3.05) is 11.9 Å². The summed E-state index contributed by atoms with van der Waals surface area (Å²) in [5, 5.41) is 5.19. The number of para-hydroxylation sites is 1. The number of aromatic nitrogens is 3. The maximum absolute atomic E-state index is 12.9. The van der Waals surface area contributed by atoms with E-state index in [9.17, 15) is 18.0 Å². The van der Waals surface area contributed by atoms with Crippen LogP contribution in [-0.4, -0.2) is 39.6 Å². The molecule has 0 spiro atoms. The number of aryl methyl sites for hydroxylation is 1. The zero-order valence-corrected chi connectivity index (χ0v) is 15.2. The Morgan fingerprint density at radius 3 is 2.71 bits per heavy atom. The second kappa shape index (κ2) is 6.50. The van der Waals surface area contributed by atoms with Crippen molar-refractivity contribution >= 4 is 22.8 Å². The summed E-state index contributed by atoms with van der Waals surface area (Å²) in [6, 6.07) is 5.35. The molecule has 9 heteroatoms. The predicted molar refractivity (Wildman–Crippen MR) is 99.2 cm³/mol. The van der Waals surface area contributed by atoms with Gasteiger partial charge >= 0.3 is 6.18 Å². The minimum atomic E-state index is -4.39. The van der Waals surface area contributed by atoms with Gasteiger partial charge in [-0.1, -0.05) is 12.1 Å². The number of fused-ring (bicyclic) bond motifs is 2. The van der Waals surface area contributed by atoms with Gasteiger partial charge < -0.3 is 15.6 Å². The van der Waals surface area contributed by atoms with Gasteiger partial charge in [-0.2, -0.15) is 13.2 Å². The highest BCUT2D eigenvalue weighted by Gasteiger charge is 2.36. The maximum atomic E-state index is 12.9. The lowest BCUT2D eigenvalue weighted by molar-refractivity contribution is -0.138. The lowest BCUT2D eigenvalue weighted by Crippen LogP contribution is -2.33. The van der Waals surface area contributed by atoms with Crippen molar-refractivity contribution in [2.24, 2.45) is 0 Å². The standard InChI is InChI=1S/C19H18F3N5O/c1-9-17(25-10(2)19(20,21)22)27-16-11(4-3-5-14(16)24-9)15-8-12-13(26-15)6-7-23-18(12)28/h3-5,8,10,26H,6-7H2,1-2H3,(H,23,28)(H,25,27)/t10-/m1/s1. The van der Waals surface area contributed by atoms with E-state index in [-0.39, 0.29) is 11.7 Å². The number of rotatable bonds is 3. The highest BCUT2D eigenvalue weighted by Crippen LogP contribution is 2.31. The van der Waals surface area contributed by atoms with Crippen LogP contribution in [0.1, 0.15) is 28.7 Å². The third-order valence-electron chi connectivity index (χ3n) is 4.81. The normalized spacial score (nSPS) is 15.2. The molecule has 0 bridgehead atoms. The van der Waals surface area contributed by atoms with Gasteiger partial charge in [-0.05, 0) is 26.0 Å². The number of hydrogen-bond donors (Lipinski definition) is 3. The number of anilines is 1. The fraction of sp³-hybridized carbons (Fsp3) is 0.316. The molecule has 0 saturated carbocycles. The number of nitrogens with zero attached hydrogens (tertiary/aromatic N) is 2. The zero-order valence-electron chi connectivity index (χ0n) is 15.2. The van der Waals surface area contributed by atoms with Crippen LogP contribution < -0.4 is 10.6 Å². The van der Waals surface area contributed by atoms with Crippen LogP contribution in [0.15, 0.2) is 24.3 Å². The number of carbonyl (C=O) groups excluding carboxylic acids is 1. The van der Waals surface area contributed by atoms with Crippen molar-refractivity contribution < 1.29 is 18.0 Å². The predicted octanol–water partition coefficient (Wildman–Crippen LogP) is 3.58. The summed E-state index contributed by atoms with van der Waals surface area (Å²) in [6.45, 7) is 3.21. The van der Waals surface area contributed by atoms with Crippen LogP contribution in [0, 0.1) is 6.92 Å². The largest absolute Gasteiger partial charge is 0.408 e. The Bertz CT molecular complexity index is 1070. The van der Waals surface area contributed by atoms with Crippen LogP contribution in [0.25, 0.3) is 22.3 Å². The first kappa shape index (κ1) is 18.3. The van der Waals surface area contributed by atoms with Crippen LogP contribution in [-0.2, 0) is 6.42 Å². The van der Waals surface area contributed by atoms with E-state index in [1.54, 1.807) is 31.2 Å². The Morgan fingerprint density at radius 1 is 1.21 bits per heavy atom. The molecule has 146 valence electrons. The van der Waals surface area contributed by atoms with E-state index in [0.717, 1.165) is 12.6 Å². The Labute approximate surface area is 158 Å². The Morgan fingerprint density at radius 2 is 2.00 bits per heavy atom. The molecule has 4 rings (SSSR count). The summed E-state index contributed by atoms with van der Waals surface area (Å²) in [6.07, 6.45) is -3.71. The molecule has 1 amide bonds. The molecular weight excluding hydrogens is 371 g/mol. The highest BCUT2D eigenvalue weighted by molar-refractivity contribution is 5.99. The SMILES string of the molecule is Cc1nc2cccc(-c3cc4c([nH]3)CCNC4=O)c2nc1N[C@H](C)C(F)(F)F. The quantitative estimate of drug-likeness (QED) is 0.639. The Balaban J connectivity index is 1.82. The van der Waals surface area contributed by atoms with Gasteiger partial charge in [-0.15, -0.1) is 0 Å². The monoisotopic (exact) mass is 389 g/mol. The summed E-state index contributed by atoms with van der Waals surface area (Å²) in [5.74, 6) is -0.0638. The van der Waals surface area contributed by atoms with Crippen LogP contribution in [0.5, 0.6) is 0 Å². The van der Waals surface area contributed by atoms with Crippen molar-refractivity contribution in [2.45, 2.75) is 32.5 Å². The number of H-pyrrole nitrogens is 1. The van der Waals surface area contributed by atoms with Gasteiger partial charge in [0.1, 0.15) is 17.4 Å². The van der Waals surface area contributed by atoms with E-state index in [1.165, 1.54) is 0 Å². The number of alkyl halides is 3. The number of carbonyl (C=O) groups is 1. The van der Waals surface area contributed by atoms with E-state index in [0.29, 0.717) is 46.5 Å². The molecule has 28 heavy (non-hydrogen) atoms. The lowest BCUT2D eigenvalue weighted by Gasteiger charge is -2.19. The molecule has 6 nitrogen and oxygen atoms in total. The van der Waals surface area contributed by atoms with Crippen LogP contribution >= 0.6 is 0 Å². The molecule has 0 unspecified atom stereocenters. The Kier molecular flexibility index (Phi) is 4.24. The number of nitrogens with one attached hydrogen (secondary N) is 3. The molecule has 0 saturated heterocycles. The van der Waals surface area contributed by atoms with Crippen LogP contribution in [0.2, 0.25) is 0 Å². The number of amides is 1. The average Bonchev–Trinajstić information content (AvgIpc) is 3.06. The van der Waals surface area contributed by atoms with Gasteiger partial charge in [-0.25, -0.2) is 9.97 Å². The van der Waals surface area contributed by atoms with E-state index in [4.69, 9.17) is 0 Å². The smallest absolute Gasteiger partial charge is 0.358 e. The van der Waals surface area contributed by atoms with Gasteiger partial charge in [0.25, 0.3) is 5.91 Å². The summed E-state index contributed by atoms with van der Waals surface area (Å²) < 4.78 is 38.8. The number of aromatic amines is 1. The summed E-state index contributed by atoms with van der Waals surface area (Å²) in [5.41, 5.74) is 4.17. The summed E-state index contributed by atoms with van der Waals surface area (Å²) >= 11 is 0. The molecular formula is C19H18F3N5O. The molecule has 1 aliphatic rings. The fourth-order valence-electron chi connectivity index (χ4n) is 3.24. The average molecular weight is 389 g/mol. The van der Waals surface area contributed by atoms with E-state index in [1.807, 2.05) is 0 Å². The van der Waals surface area contributed by atoms with Crippen LogP contribution in [0.4, 0.5) is 19.0 Å². The van der Waals surface area contributed by atoms with Gasteiger partial charge in [0.05, 0.1) is 16.8 Å². The number of benzene rings is 1. The minimum Gasteiger partial charge on any atom is -0.358 e. The molecule has 1 aromatic carbocycles. The van der Waals surface area contributed by atoms with E-state index >= 15 is 0 Å². The summed E-state index contributed by atoms with van der Waals surface area (Å²) in [4.78, 5) is 24.1. The van der Waals surface area contributed by atoms with Gasteiger partial charge in [-0.3, -0.25) is 4.79 Å². The zero-order chi connectivity index (χ0) is 20.1. The minimum absolute atomic E-state index is 0.0823.